The highest BCUT2D eigenvalue weighted by atomic mass is 28.2. The molecule has 2 radical (unpaired) electrons. The van der Waals surface area contributed by atoms with Gasteiger partial charge in [-0.15, -0.1) is 0 Å². The van der Waals surface area contributed by atoms with Crippen LogP contribution in [0.5, 0.6) is 0 Å². The molecule has 1 nitrogen and oxygen atoms in total. The van der Waals surface area contributed by atoms with Crippen molar-refractivity contribution in [3.8, 4) is 0 Å². The molecular weight excluding hydrogens is 258 g/mol. The number of pyridine rings is 1. The van der Waals surface area contributed by atoms with E-state index in [1.54, 1.807) is 0 Å². The molecule has 0 bridgehead atoms. The van der Waals surface area contributed by atoms with Crippen LogP contribution in [-0.2, 0) is 0 Å². The number of rotatable bonds is 0. The van der Waals surface area contributed by atoms with E-state index >= 15 is 0 Å². The minimum Gasteiger partial charge on any atom is -0.256 e. The summed E-state index contributed by atoms with van der Waals surface area (Å²) in [5, 5.41) is 3.70. The molecule has 1 fully saturated rings. The van der Waals surface area contributed by atoms with Crippen molar-refractivity contribution in [3.05, 3.63) is 54.7 Å². The van der Waals surface area contributed by atoms with Crippen molar-refractivity contribution in [1.29, 1.82) is 0 Å². The summed E-state index contributed by atoms with van der Waals surface area (Å²) < 4.78 is 0. The van der Waals surface area contributed by atoms with Gasteiger partial charge in [-0.05, 0) is 11.5 Å². The van der Waals surface area contributed by atoms with Gasteiger partial charge in [0.25, 0.3) is 0 Å². The van der Waals surface area contributed by atoms with Gasteiger partial charge in [0.2, 0.25) is 0 Å². The van der Waals surface area contributed by atoms with Crippen LogP contribution in [0.1, 0.15) is 19.3 Å². The summed E-state index contributed by atoms with van der Waals surface area (Å²) in [5.41, 5.74) is 1.06. The zero-order valence-corrected chi connectivity index (χ0v) is 12.7. The Morgan fingerprint density at radius 3 is 2.15 bits per heavy atom. The van der Waals surface area contributed by atoms with Crippen LogP contribution in [0.15, 0.2) is 54.7 Å². The zero-order chi connectivity index (χ0) is 13.6. The predicted molar refractivity (Wildman–Crippen MR) is 88.5 cm³/mol. The van der Waals surface area contributed by atoms with Crippen LogP contribution in [0.25, 0.3) is 21.7 Å². The Morgan fingerprint density at radius 2 is 1.45 bits per heavy atom. The lowest BCUT2D eigenvalue weighted by molar-refractivity contribution is 0.734. The number of para-hydroxylation sites is 1. The van der Waals surface area contributed by atoms with Crippen LogP contribution in [0.4, 0.5) is 0 Å². The van der Waals surface area contributed by atoms with Gasteiger partial charge in [-0.2, -0.15) is 0 Å². The molecule has 1 saturated heterocycles. The molecule has 4 rings (SSSR count). The first-order valence-corrected chi connectivity index (χ1v) is 8.80. The van der Waals surface area contributed by atoms with Gasteiger partial charge in [0, 0.05) is 26.5 Å². The van der Waals surface area contributed by atoms with E-state index in [0.29, 0.717) is 0 Å². The van der Waals surface area contributed by atoms with Crippen molar-refractivity contribution in [2.45, 2.75) is 31.4 Å². The second kappa shape index (κ2) is 6.66. The van der Waals surface area contributed by atoms with Crippen LogP contribution in [0, 0.1) is 0 Å². The lowest BCUT2D eigenvalue weighted by Crippen LogP contribution is -1.94. The number of aromatic nitrogens is 1. The number of fused-ring (bicyclic) bond motifs is 3. The molecule has 0 aliphatic carbocycles. The lowest BCUT2D eigenvalue weighted by Gasteiger charge is -2.04. The van der Waals surface area contributed by atoms with E-state index in [1.807, 2.05) is 24.4 Å². The third kappa shape index (κ3) is 3.07. The highest BCUT2D eigenvalue weighted by Gasteiger charge is 1.98. The maximum absolute atomic E-state index is 4.41. The summed E-state index contributed by atoms with van der Waals surface area (Å²) in [5.74, 6) is 0. The molecule has 1 aliphatic rings. The van der Waals surface area contributed by atoms with Gasteiger partial charge < -0.3 is 0 Å². The minimum absolute atomic E-state index is 1.06. The quantitative estimate of drug-likeness (QED) is 0.411. The average molecular weight is 277 g/mol. The smallest absolute Gasteiger partial charge is 0.0708 e. The molecule has 2 aromatic carbocycles. The molecule has 0 N–H and O–H groups in total. The SMILES string of the molecule is C1CC[Si]CC1.c1ccc2c(c1)cnc1ccccc12. The fourth-order valence-electron chi connectivity index (χ4n) is 2.61. The van der Waals surface area contributed by atoms with E-state index in [4.69, 9.17) is 0 Å². The van der Waals surface area contributed by atoms with Crippen molar-refractivity contribution in [3.63, 3.8) is 0 Å². The van der Waals surface area contributed by atoms with E-state index in [9.17, 15) is 0 Å². The van der Waals surface area contributed by atoms with Crippen molar-refractivity contribution < 1.29 is 0 Å². The molecule has 0 amide bonds. The highest BCUT2D eigenvalue weighted by molar-refractivity contribution is 6.35. The maximum Gasteiger partial charge on any atom is 0.0708 e. The summed E-state index contributed by atoms with van der Waals surface area (Å²) in [7, 11) is 1.30. The van der Waals surface area contributed by atoms with E-state index in [1.165, 1.54) is 57.0 Å². The molecule has 0 saturated carbocycles. The van der Waals surface area contributed by atoms with Gasteiger partial charge in [0.15, 0.2) is 0 Å². The monoisotopic (exact) mass is 277 g/mol. The number of hydrogen-bond acceptors (Lipinski definition) is 1. The molecule has 100 valence electrons. The number of benzene rings is 2. The van der Waals surface area contributed by atoms with Gasteiger partial charge >= 0.3 is 0 Å². The molecule has 0 spiro atoms. The van der Waals surface area contributed by atoms with E-state index < -0.39 is 0 Å². The molecule has 1 aliphatic heterocycles. The number of nitrogens with zero attached hydrogens (tertiary/aromatic N) is 1. The van der Waals surface area contributed by atoms with E-state index in [-0.39, 0.29) is 0 Å². The first-order chi connectivity index (χ1) is 9.95. The van der Waals surface area contributed by atoms with Gasteiger partial charge in [0.05, 0.1) is 5.52 Å². The second-order valence-corrected chi connectivity index (χ2v) is 6.67. The molecule has 2 heteroatoms. The summed E-state index contributed by atoms with van der Waals surface area (Å²) in [6.45, 7) is 0. The standard InChI is InChI=1S/C13H9N.C5H10Si/c1-2-6-11-10(5-1)9-14-13-8-4-3-7-12(11)13;1-2-4-6-5-3-1/h1-9H;1-5H2. The molecule has 0 unspecified atom stereocenters. The Hall–Kier alpha value is -1.67. The fourth-order valence-corrected chi connectivity index (χ4v) is 3.86. The van der Waals surface area contributed by atoms with E-state index in [2.05, 4.69) is 35.3 Å². The van der Waals surface area contributed by atoms with Crippen molar-refractivity contribution in [1.82, 2.24) is 4.98 Å². The van der Waals surface area contributed by atoms with Crippen LogP contribution in [-0.4, -0.2) is 14.5 Å². The molecule has 2 heterocycles. The summed E-state index contributed by atoms with van der Waals surface area (Å²) >= 11 is 0. The molecule has 3 aromatic rings. The van der Waals surface area contributed by atoms with Crippen LogP contribution >= 0.6 is 0 Å². The Morgan fingerprint density at radius 1 is 0.750 bits per heavy atom. The number of hydrogen-bond donors (Lipinski definition) is 0. The normalized spacial score (nSPS) is 14.8. The lowest BCUT2D eigenvalue weighted by atomic mass is 10.1. The van der Waals surface area contributed by atoms with Gasteiger partial charge in [0.1, 0.15) is 0 Å². The molecule has 1 aromatic heterocycles. The first-order valence-electron chi connectivity index (χ1n) is 7.38. The van der Waals surface area contributed by atoms with Crippen molar-refractivity contribution in [2.24, 2.45) is 0 Å². The highest BCUT2D eigenvalue weighted by Crippen LogP contribution is 2.22. The van der Waals surface area contributed by atoms with Crippen molar-refractivity contribution >= 4 is 31.2 Å². The second-order valence-electron chi connectivity index (χ2n) is 5.17. The van der Waals surface area contributed by atoms with Crippen LogP contribution in [0.3, 0.4) is 0 Å². The summed E-state index contributed by atoms with van der Waals surface area (Å²) in [4.78, 5) is 4.41. The minimum atomic E-state index is 1.06. The maximum atomic E-state index is 4.41. The largest absolute Gasteiger partial charge is 0.256 e. The van der Waals surface area contributed by atoms with Gasteiger partial charge in [-0.3, -0.25) is 4.98 Å². The fraction of sp³-hybridized carbons (Fsp3) is 0.278. The zero-order valence-electron chi connectivity index (χ0n) is 11.7. The van der Waals surface area contributed by atoms with Gasteiger partial charge in [-0.25, -0.2) is 0 Å². The first kappa shape index (κ1) is 13.3. The molecule has 0 atom stereocenters. The third-order valence-electron chi connectivity index (χ3n) is 3.70. The molecular formula is C18H19NSi. The Balaban J connectivity index is 0.000000170. The van der Waals surface area contributed by atoms with Crippen molar-refractivity contribution in [2.75, 3.05) is 0 Å². The summed E-state index contributed by atoms with van der Waals surface area (Å²) in [6, 6.07) is 19.6. The van der Waals surface area contributed by atoms with Crippen LogP contribution < -0.4 is 0 Å². The Kier molecular flexibility index (Phi) is 4.44. The Labute approximate surface area is 122 Å². The van der Waals surface area contributed by atoms with E-state index in [0.717, 1.165) is 5.52 Å². The average Bonchev–Trinajstić information content (AvgIpc) is 2.57. The topological polar surface area (TPSA) is 12.9 Å². The Bertz CT molecular complexity index is 623. The van der Waals surface area contributed by atoms with Gasteiger partial charge in [-0.1, -0.05) is 73.8 Å². The molecule has 20 heavy (non-hydrogen) atoms. The predicted octanol–water partition coefficient (Wildman–Crippen LogP) is 5.10. The third-order valence-corrected chi connectivity index (χ3v) is 5.12. The van der Waals surface area contributed by atoms with Crippen LogP contribution in [0.2, 0.25) is 12.1 Å². The summed E-state index contributed by atoms with van der Waals surface area (Å²) in [6.07, 6.45) is 6.46.